The van der Waals surface area contributed by atoms with E-state index < -0.39 is 18.7 Å². The number of rotatable bonds is 5. The third-order valence-corrected chi connectivity index (χ3v) is 2.83. The molecule has 3 nitrogen and oxygen atoms in total. The van der Waals surface area contributed by atoms with Crippen molar-refractivity contribution >= 4 is 29.3 Å². The molecule has 1 rings (SSSR count). The van der Waals surface area contributed by atoms with Crippen molar-refractivity contribution in [1.82, 2.24) is 0 Å². The summed E-state index contributed by atoms with van der Waals surface area (Å²) in [6.07, 6.45) is -2.10. The molecule has 0 heterocycles. The molecule has 1 aromatic carbocycles. The average Bonchev–Trinajstić information content (AvgIpc) is 2.33. The molecule has 0 aliphatic heterocycles. The summed E-state index contributed by atoms with van der Waals surface area (Å²) in [4.78, 5) is 11.5. The highest BCUT2D eigenvalue weighted by Gasteiger charge is 2.30. The second-order valence-corrected chi connectivity index (χ2v) is 4.41. The Morgan fingerprint density at radius 3 is 2.55 bits per heavy atom. The van der Waals surface area contributed by atoms with Crippen molar-refractivity contribution in [1.29, 1.82) is 0 Å². The van der Waals surface area contributed by atoms with Crippen LogP contribution in [0.1, 0.15) is 12.5 Å². The fourth-order valence-electron chi connectivity index (χ4n) is 1.61. The summed E-state index contributed by atoms with van der Waals surface area (Å²) >= 11 is 5.93. The van der Waals surface area contributed by atoms with Crippen LogP contribution in [0.5, 0.6) is 0 Å². The quantitative estimate of drug-likeness (QED) is 0.841. The van der Waals surface area contributed by atoms with Crippen LogP contribution in [0.25, 0.3) is 6.08 Å². The van der Waals surface area contributed by atoms with Crippen molar-refractivity contribution in [2.24, 2.45) is 0 Å². The van der Waals surface area contributed by atoms with Crippen LogP contribution in [-0.2, 0) is 4.79 Å². The summed E-state index contributed by atoms with van der Waals surface area (Å²) in [5.74, 6) is -1.13. The first kappa shape index (κ1) is 16.4. The zero-order valence-corrected chi connectivity index (χ0v) is 11.4. The van der Waals surface area contributed by atoms with Crippen LogP contribution in [0, 0.1) is 0 Å². The monoisotopic (exact) mass is 307 g/mol. The summed E-state index contributed by atoms with van der Waals surface area (Å²) in [5.41, 5.74) is 0.767. The Kier molecular flexibility index (Phi) is 5.44. The predicted molar refractivity (Wildman–Crippen MR) is 72.1 cm³/mol. The van der Waals surface area contributed by atoms with E-state index in [0.717, 1.165) is 11.0 Å². The van der Waals surface area contributed by atoms with Crippen molar-refractivity contribution in [3.8, 4) is 0 Å². The molecule has 0 saturated carbocycles. The summed E-state index contributed by atoms with van der Waals surface area (Å²) < 4.78 is 37.3. The molecule has 110 valence electrons. The summed E-state index contributed by atoms with van der Waals surface area (Å²) in [5, 5.41) is 8.71. The molecule has 1 N–H and O–H groups in total. The number of nitrogens with zero attached hydrogens (tertiary/aromatic N) is 1. The first-order valence-corrected chi connectivity index (χ1v) is 6.13. The fraction of sp³-hybridized carbons (Fsp3) is 0.308. The molecule has 0 atom stereocenters. The van der Waals surface area contributed by atoms with E-state index in [4.69, 9.17) is 16.7 Å². The van der Waals surface area contributed by atoms with Crippen molar-refractivity contribution in [3.63, 3.8) is 0 Å². The van der Waals surface area contributed by atoms with E-state index in [1.54, 1.807) is 6.92 Å². The van der Waals surface area contributed by atoms with E-state index in [1.165, 1.54) is 24.3 Å². The van der Waals surface area contributed by atoms with Crippen LogP contribution in [0.3, 0.4) is 0 Å². The molecule has 0 amide bonds. The maximum atomic E-state index is 12.4. The highest BCUT2D eigenvalue weighted by Crippen LogP contribution is 2.27. The molecule has 20 heavy (non-hydrogen) atoms. The van der Waals surface area contributed by atoms with Gasteiger partial charge in [-0.05, 0) is 30.7 Å². The molecule has 7 heteroatoms. The Hall–Kier alpha value is -1.69. The number of carboxylic acids is 1. The third-order valence-electron chi connectivity index (χ3n) is 2.51. The fourth-order valence-corrected chi connectivity index (χ4v) is 1.85. The molecule has 0 unspecified atom stereocenters. The standard InChI is InChI=1S/C13H13ClF3NO2/c1-2-18(8-13(15,16)17)10-5-3-9(11(14)7-10)4-6-12(19)20/h3-7H,2,8H2,1H3,(H,19,20)/b6-4+. The van der Waals surface area contributed by atoms with E-state index in [2.05, 4.69) is 0 Å². The Morgan fingerprint density at radius 1 is 1.45 bits per heavy atom. The second kappa shape index (κ2) is 6.65. The SMILES string of the molecule is CCN(CC(F)(F)F)c1ccc(/C=C/C(=O)O)c(Cl)c1. The summed E-state index contributed by atoms with van der Waals surface area (Å²) in [6, 6.07) is 4.34. The minimum Gasteiger partial charge on any atom is -0.478 e. The molecule has 0 radical (unpaired) electrons. The topological polar surface area (TPSA) is 40.5 Å². The number of benzene rings is 1. The van der Waals surface area contributed by atoms with Gasteiger partial charge in [0.15, 0.2) is 0 Å². The van der Waals surface area contributed by atoms with E-state index in [9.17, 15) is 18.0 Å². The van der Waals surface area contributed by atoms with Gasteiger partial charge >= 0.3 is 12.1 Å². The lowest BCUT2D eigenvalue weighted by Gasteiger charge is -2.24. The predicted octanol–water partition coefficient (Wildman–Crippen LogP) is 3.83. The third kappa shape index (κ3) is 5.13. The minimum atomic E-state index is -4.30. The van der Waals surface area contributed by atoms with Gasteiger partial charge in [0.2, 0.25) is 0 Å². The number of anilines is 1. The molecule has 0 spiro atoms. The van der Waals surface area contributed by atoms with Crippen molar-refractivity contribution in [2.75, 3.05) is 18.0 Å². The van der Waals surface area contributed by atoms with Gasteiger partial charge in [-0.3, -0.25) is 0 Å². The number of aliphatic carboxylic acids is 1. The summed E-state index contributed by atoms with van der Waals surface area (Å²) in [6.45, 7) is 0.724. The van der Waals surface area contributed by atoms with Gasteiger partial charge in [-0.2, -0.15) is 13.2 Å². The molecule has 0 bridgehead atoms. The van der Waals surface area contributed by atoms with Gasteiger partial charge in [0.05, 0.1) is 0 Å². The molecule has 0 fully saturated rings. The van der Waals surface area contributed by atoms with Gasteiger partial charge in [0.25, 0.3) is 0 Å². The van der Waals surface area contributed by atoms with Crippen LogP contribution in [0.2, 0.25) is 5.02 Å². The maximum absolute atomic E-state index is 12.4. The Morgan fingerprint density at radius 2 is 2.10 bits per heavy atom. The lowest BCUT2D eigenvalue weighted by molar-refractivity contribution is -0.131. The Labute approximate surface area is 119 Å². The molecule has 0 aliphatic carbocycles. The average molecular weight is 308 g/mol. The van der Waals surface area contributed by atoms with Crippen LogP contribution in [0.4, 0.5) is 18.9 Å². The normalized spacial score (nSPS) is 11.8. The number of carbonyl (C=O) groups is 1. The lowest BCUT2D eigenvalue weighted by Crippen LogP contribution is -2.34. The number of carboxylic acid groups (broad SMARTS) is 1. The zero-order chi connectivity index (χ0) is 15.3. The van der Waals surface area contributed by atoms with Gasteiger partial charge in [0, 0.05) is 23.3 Å². The molecule has 1 aromatic rings. The number of hydrogen-bond acceptors (Lipinski definition) is 2. The minimum absolute atomic E-state index is 0.181. The maximum Gasteiger partial charge on any atom is 0.405 e. The van der Waals surface area contributed by atoms with Crippen molar-refractivity contribution in [2.45, 2.75) is 13.1 Å². The van der Waals surface area contributed by atoms with Crippen LogP contribution >= 0.6 is 11.6 Å². The lowest BCUT2D eigenvalue weighted by atomic mass is 10.1. The first-order chi connectivity index (χ1) is 9.23. The highest BCUT2D eigenvalue weighted by molar-refractivity contribution is 6.32. The van der Waals surface area contributed by atoms with E-state index >= 15 is 0 Å². The van der Waals surface area contributed by atoms with Gasteiger partial charge in [-0.15, -0.1) is 0 Å². The zero-order valence-electron chi connectivity index (χ0n) is 10.6. The number of hydrogen-bond donors (Lipinski definition) is 1. The Balaban J connectivity index is 2.98. The highest BCUT2D eigenvalue weighted by atomic mass is 35.5. The van der Waals surface area contributed by atoms with Crippen molar-refractivity contribution < 1.29 is 23.1 Å². The van der Waals surface area contributed by atoms with Crippen LogP contribution < -0.4 is 4.90 Å². The molecule has 0 aliphatic rings. The van der Waals surface area contributed by atoms with E-state index in [0.29, 0.717) is 11.3 Å². The first-order valence-electron chi connectivity index (χ1n) is 5.75. The van der Waals surface area contributed by atoms with Gasteiger partial charge in [-0.25, -0.2) is 4.79 Å². The smallest absolute Gasteiger partial charge is 0.405 e. The second-order valence-electron chi connectivity index (χ2n) is 4.01. The van der Waals surface area contributed by atoms with Crippen LogP contribution in [0.15, 0.2) is 24.3 Å². The van der Waals surface area contributed by atoms with Gasteiger partial charge in [0.1, 0.15) is 6.54 Å². The van der Waals surface area contributed by atoms with E-state index in [1.807, 2.05) is 0 Å². The number of halogens is 4. The summed E-state index contributed by atoms with van der Waals surface area (Å²) in [7, 11) is 0. The van der Waals surface area contributed by atoms with Crippen molar-refractivity contribution in [3.05, 3.63) is 34.9 Å². The van der Waals surface area contributed by atoms with Gasteiger partial charge in [-0.1, -0.05) is 17.7 Å². The Bertz CT molecular complexity index is 515. The molecular weight excluding hydrogens is 295 g/mol. The molecular formula is C13H13ClF3NO2. The van der Waals surface area contributed by atoms with E-state index in [-0.39, 0.29) is 11.6 Å². The van der Waals surface area contributed by atoms with Crippen LogP contribution in [-0.4, -0.2) is 30.3 Å². The van der Waals surface area contributed by atoms with Gasteiger partial charge < -0.3 is 10.0 Å². The number of alkyl halides is 3. The largest absolute Gasteiger partial charge is 0.478 e. The molecule has 0 saturated heterocycles. The molecule has 0 aromatic heterocycles.